The molecular formula is C19H28O4. The van der Waals surface area contributed by atoms with Crippen molar-refractivity contribution in [1.29, 1.82) is 0 Å². The Morgan fingerprint density at radius 2 is 1.35 bits per heavy atom. The first kappa shape index (κ1) is 19.2. The monoisotopic (exact) mass is 320 g/mol. The molecule has 1 aromatic carbocycles. The minimum atomic E-state index is -0.489. The van der Waals surface area contributed by atoms with Crippen LogP contribution in [0.15, 0.2) is 24.3 Å². The summed E-state index contributed by atoms with van der Waals surface area (Å²) in [6.07, 6.45) is -0.192. The summed E-state index contributed by atoms with van der Waals surface area (Å²) >= 11 is 0. The van der Waals surface area contributed by atoms with E-state index in [2.05, 4.69) is 0 Å². The van der Waals surface area contributed by atoms with Gasteiger partial charge < -0.3 is 9.47 Å². The van der Waals surface area contributed by atoms with E-state index < -0.39 is 11.9 Å². The zero-order chi connectivity index (χ0) is 17.6. The van der Waals surface area contributed by atoms with Crippen LogP contribution in [0.1, 0.15) is 62.3 Å². The van der Waals surface area contributed by atoms with Crippen LogP contribution in [0, 0.1) is 17.8 Å². The van der Waals surface area contributed by atoms with Crippen LogP contribution >= 0.6 is 0 Å². The molecule has 0 spiro atoms. The van der Waals surface area contributed by atoms with E-state index in [1.807, 2.05) is 41.5 Å². The van der Waals surface area contributed by atoms with Crippen LogP contribution in [-0.4, -0.2) is 24.6 Å². The van der Waals surface area contributed by atoms with E-state index in [-0.39, 0.29) is 35.0 Å². The summed E-state index contributed by atoms with van der Waals surface area (Å²) in [5.74, 6) is -0.311. The van der Waals surface area contributed by atoms with Gasteiger partial charge >= 0.3 is 11.9 Å². The predicted octanol–water partition coefficient (Wildman–Crippen LogP) is 4.34. The Morgan fingerprint density at radius 1 is 0.870 bits per heavy atom. The molecule has 0 radical (unpaired) electrons. The van der Waals surface area contributed by atoms with E-state index in [4.69, 9.17) is 9.47 Å². The van der Waals surface area contributed by atoms with Crippen LogP contribution in [0.2, 0.25) is 0 Å². The molecule has 0 amide bonds. The van der Waals surface area contributed by atoms with E-state index >= 15 is 0 Å². The summed E-state index contributed by atoms with van der Waals surface area (Å²) in [5.41, 5.74) is 0.511. The Balaban J connectivity index is 2.95. The summed E-state index contributed by atoms with van der Waals surface area (Å²) in [7, 11) is 0. The van der Waals surface area contributed by atoms with Gasteiger partial charge in [0.05, 0.1) is 17.7 Å². The molecular weight excluding hydrogens is 292 g/mol. The molecule has 0 aliphatic carbocycles. The number of carbonyl (C=O) groups is 2. The second kappa shape index (κ2) is 8.70. The average Bonchev–Trinajstić information content (AvgIpc) is 2.49. The molecule has 128 valence electrons. The molecule has 0 bridgehead atoms. The second-order valence-corrected chi connectivity index (χ2v) is 6.90. The predicted molar refractivity (Wildman–Crippen MR) is 90.4 cm³/mol. The molecule has 1 rings (SSSR count). The van der Waals surface area contributed by atoms with E-state index in [0.717, 1.165) is 0 Å². The number of ether oxygens (including phenoxy) is 2. The maximum absolute atomic E-state index is 12.5. The topological polar surface area (TPSA) is 52.6 Å². The van der Waals surface area contributed by atoms with Gasteiger partial charge in [0.15, 0.2) is 0 Å². The van der Waals surface area contributed by atoms with Crippen molar-refractivity contribution in [1.82, 2.24) is 0 Å². The molecule has 0 saturated heterocycles. The Kier molecular flexibility index (Phi) is 7.27. The summed E-state index contributed by atoms with van der Waals surface area (Å²) in [5, 5.41) is 0. The molecule has 1 aromatic rings. The molecule has 0 aromatic heterocycles. The Bertz CT molecular complexity index is 524. The van der Waals surface area contributed by atoms with Gasteiger partial charge in [0.25, 0.3) is 0 Å². The van der Waals surface area contributed by atoms with Crippen LogP contribution in [0.4, 0.5) is 0 Å². The van der Waals surface area contributed by atoms with Crippen LogP contribution < -0.4 is 0 Å². The quantitative estimate of drug-likeness (QED) is 0.701. The van der Waals surface area contributed by atoms with Gasteiger partial charge in [-0.15, -0.1) is 0 Å². The molecule has 4 heteroatoms. The zero-order valence-electron chi connectivity index (χ0n) is 15.0. The number of benzene rings is 1. The number of hydrogen-bond acceptors (Lipinski definition) is 4. The molecule has 0 atom stereocenters. The van der Waals surface area contributed by atoms with Crippen molar-refractivity contribution in [3.8, 4) is 0 Å². The molecule has 4 nitrogen and oxygen atoms in total. The van der Waals surface area contributed by atoms with E-state index in [1.165, 1.54) is 0 Å². The highest BCUT2D eigenvalue weighted by Gasteiger charge is 2.25. The van der Waals surface area contributed by atoms with E-state index in [0.29, 0.717) is 6.61 Å². The average molecular weight is 320 g/mol. The van der Waals surface area contributed by atoms with Gasteiger partial charge in [-0.2, -0.15) is 0 Å². The maximum Gasteiger partial charge on any atom is 0.339 e. The van der Waals surface area contributed by atoms with Crippen molar-refractivity contribution in [3.63, 3.8) is 0 Å². The molecule has 0 aliphatic rings. The normalized spacial score (nSPS) is 11.4. The standard InChI is InChI=1S/C19H28O4/c1-12(2)11-22-18(20)15-9-7-8-10-16(15)19(21)23-17(13(3)4)14(5)6/h7-10,12-14,17H,11H2,1-6H3. The van der Waals surface area contributed by atoms with Gasteiger partial charge in [0.1, 0.15) is 6.10 Å². The summed E-state index contributed by atoms with van der Waals surface area (Å²) in [6.45, 7) is 12.3. The minimum Gasteiger partial charge on any atom is -0.462 e. The van der Waals surface area contributed by atoms with E-state index in [9.17, 15) is 9.59 Å². The lowest BCUT2D eigenvalue weighted by molar-refractivity contribution is 0.00279. The molecule has 0 aliphatic heterocycles. The van der Waals surface area contributed by atoms with Crippen molar-refractivity contribution in [2.45, 2.75) is 47.6 Å². The Morgan fingerprint density at radius 3 is 1.78 bits per heavy atom. The smallest absolute Gasteiger partial charge is 0.339 e. The third-order valence-corrected chi connectivity index (χ3v) is 3.47. The zero-order valence-corrected chi connectivity index (χ0v) is 15.0. The highest BCUT2D eigenvalue weighted by molar-refractivity contribution is 6.03. The SMILES string of the molecule is CC(C)COC(=O)c1ccccc1C(=O)OC(C(C)C)C(C)C. The second-order valence-electron chi connectivity index (χ2n) is 6.90. The summed E-state index contributed by atoms with van der Waals surface area (Å²) in [4.78, 5) is 24.7. The van der Waals surface area contributed by atoms with E-state index in [1.54, 1.807) is 24.3 Å². The summed E-state index contributed by atoms with van der Waals surface area (Å²) < 4.78 is 10.9. The van der Waals surface area contributed by atoms with Crippen molar-refractivity contribution in [2.75, 3.05) is 6.61 Å². The van der Waals surface area contributed by atoms with Crippen molar-refractivity contribution in [3.05, 3.63) is 35.4 Å². The lowest BCUT2D eigenvalue weighted by Gasteiger charge is -2.25. The van der Waals surface area contributed by atoms with Crippen LogP contribution in [0.25, 0.3) is 0 Å². The highest BCUT2D eigenvalue weighted by Crippen LogP contribution is 2.20. The lowest BCUT2D eigenvalue weighted by Crippen LogP contribution is -2.29. The molecule has 0 heterocycles. The van der Waals surface area contributed by atoms with Gasteiger partial charge in [0, 0.05) is 0 Å². The first-order valence-corrected chi connectivity index (χ1v) is 8.21. The van der Waals surface area contributed by atoms with Crippen LogP contribution in [-0.2, 0) is 9.47 Å². The van der Waals surface area contributed by atoms with Gasteiger partial charge in [-0.25, -0.2) is 9.59 Å². The molecule has 0 fully saturated rings. The van der Waals surface area contributed by atoms with Crippen molar-refractivity contribution in [2.24, 2.45) is 17.8 Å². The fourth-order valence-corrected chi connectivity index (χ4v) is 2.39. The third-order valence-electron chi connectivity index (χ3n) is 3.47. The third kappa shape index (κ3) is 5.70. The number of hydrogen-bond donors (Lipinski definition) is 0. The van der Waals surface area contributed by atoms with Gasteiger partial charge in [-0.1, -0.05) is 53.7 Å². The molecule has 23 heavy (non-hydrogen) atoms. The lowest BCUT2D eigenvalue weighted by atomic mass is 9.96. The minimum absolute atomic E-state index is 0.192. The van der Waals surface area contributed by atoms with Gasteiger partial charge in [0.2, 0.25) is 0 Å². The Labute approximate surface area is 139 Å². The van der Waals surface area contributed by atoms with Crippen molar-refractivity contribution < 1.29 is 19.1 Å². The Hall–Kier alpha value is -1.84. The first-order valence-electron chi connectivity index (χ1n) is 8.21. The van der Waals surface area contributed by atoms with Crippen LogP contribution in [0.3, 0.4) is 0 Å². The number of rotatable bonds is 7. The number of esters is 2. The first-order chi connectivity index (χ1) is 10.7. The van der Waals surface area contributed by atoms with Gasteiger partial charge in [-0.05, 0) is 29.9 Å². The largest absolute Gasteiger partial charge is 0.462 e. The molecule has 0 unspecified atom stereocenters. The fraction of sp³-hybridized carbons (Fsp3) is 0.579. The van der Waals surface area contributed by atoms with Crippen molar-refractivity contribution >= 4 is 11.9 Å². The van der Waals surface area contributed by atoms with Gasteiger partial charge in [-0.3, -0.25) is 0 Å². The van der Waals surface area contributed by atoms with Crippen LogP contribution in [0.5, 0.6) is 0 Å². The fourth-order valence-electron chi connectivity index (χ4n) is 2.39. The summed E-state index contributed by atoms with van der Waals surface area (Å²) in [6, 6.07) is 6.63. The maximum atomic E-state index is 12.5. The number of carbonyl (C=O) groups excluding carboxylic acids is 2. The molecule has 0 N–H and O–H groups in total. The molecule has 0 saturated carbocycles. The highest BCUT2D eigenvalue weighted by atomic mass is 16.5.